The molecule has 6 nitrogen and oxygen atoms in total. The molecule has 146 valence electrons. The number of anilines is 2. The van der Waals surface area contributed by atoms with Gasteiger partial charge in [-0.15, -0.1) is 0 Å². The van der Waals surface area contributed by atoms with Crippen molar-refractivity contribution >= 4 is 35.2 Å². The molecule has 2 aromatic rings. The molecule has 28 heavy (non-hydrogen) atoms. The lowest BCUT2D eigenvalue weighted by atomic mass is 10.1. The van der Waals surface area contributed by atoms with Gasteiger partial charge in [0.25, 0.3) is 0 Å². The van der Waals surface area contributed by atoms with Gasteiger partial charge in [-0.3, -0.25) is 14.4 Å². The fraction of sp³-hybridized carbons (Fsp3) is 0.227. The van der Waals surface area contributed by atoms with Crippen molar-refractivity contribution in [2.24, 2.45) is 0 Å². The molecule has 0 aliphatic heterocycles. The molecule has 0 aliphatic carbocycles. The highest BCUT2D eigenvalue weighted by Crippen LogP contribution is 2.14. The van der Waals surface area contributed by atoms with E-state index in [1.165, 1.54) is 17.9 Å². The van der Waals surface area contributed by atoms with Crippen molar-refractivity contribution < 1.29 is 14.4 Å². The number of carbonyl (C=O) groups is 3. The maximum atomic E-state index is 12.4. The van der Waals surface area contributed by atoms with Gasteiger partial charge in [0.15, 0.2) is 0 Å². The van der Waals surface area contributed by atoms with Crippen LogP contribution in [-0.2, 0) is 14.4 Å². The van der Waals surface area contributed by atoms with E-state index in [4.69, 9.17) is 0 Å². The van der Waals surface area contributed by atoms with E-state index in [1.54, 1.807) is 30.3 Å². The molecule has 6 heteroatoms. The van der Waals surface area contributed by atoms with Gasteiger partial charge < -0.3 is 15.5 Å². The lowest BCUT2D eigenvalue weighted by Gasteiger charge is -2.18. The number of hydrogen-bond acceptors (Lipinski definition) is 3. The van der Waals surface area contributed by atoms with Crippen molar-refractivity contribution in [1.29, 1.82) is 0 Å². The molecule has 0 radical (unpaired) electrons. The van der Waals surface area contributed by atoms with E-state index in [0.29, 0.717) is 17.9 Å². The molecule has 2 N–H and O–H groups in total. The lowest BCUT2D eigenvalue weighted by Crippen LogP contribution is -2.36. The number of carbonyl (C=O) groups excluding carboxylic acids is 3. The molecule has 2 rings (SSSR count). The molecule has 0 atom stereocenters. The average molecular weight is 379 g/mol. The van der Waals surface area contributed by atoms with Crippen molar-refractivity contribution in [3.05, 3.63) is 65.7 Å². The maximum absolute atomic E-state index is 12.4. The molecule has 0 fully saturated rings. The van der Waals surface area contributed by atoms with E-state index in [-0.39, 0.29) is 24.3 Å². The molecule has 0 saturated heterocycles. The lowest BCUT2D eigenvalue weighted by molar-refractivity contribution is -0.130. The van der Waals surface area contributed by atoms with Crippen LogP contribution in [0.15, 0.2) is 54.6 Å². The first kappa shape index (κ1) is 20.9. The van der Waals surface area contributed by atoms with Crippen molar-refractivity contribution in [2.75, 3.05) is 23.7 Å². The summed E-state index contributed by atoms with van der Waals surface area (Å²) in [5.74, 6) is -0.665. The molecule has 2 aromatic carbocycles. The van der Waals surface area contributed by atoms with Gasteiger partial charge >= 0.3 is 0 Å². The Balaban J connectivity index is 1.94. The highest BCUT2D eigenvalue weighted by molar-refractivity contribution is 5.98. The zero-order valence-electron chi connectivity index (χ0n) is 16.4. The molecule has 0 spiro atoms. The van der Waals surface area contributed by atoms with E-state index in [1.807, 2.05) is 38.1 Å². The average Bonchev–Trinajstić information content (AvgIpc) is 2.66. The Hall–Kier alpha value is -3.41. The largest absolute Gasteiger partial charge is 0.330 e. The predicted molar refractivity (Wildman–Crippen MR) is 112 cm³/mol. The van der Waals surface area contributed by atoms with Crippen LogP contribution in [0.1, 0.15) is 25.0 Å². The zero-order chi connectivity index (χ0) is 20.5. The minimum absolute atomic E-state index is 0.0408. The van der Waals surface area contributed by atoms with E-state index in [0.717, 1.165) is 11.1 Å². The summed E-state index contributed by atoms with van der Waals surface area (Å²) in [6.07, 6.45) is 3.25. The van der Waals surface area contributed by atoms with Crippen molar-refractivity contribution in [2.45, 2.75) is 20.8 Å². The van der Waals surface area contributed by atoms with Gasteiger partial charge in [-0.05, 0) is 55.3 Å². The van der Waals surface area contributed by atoms with E-state index in [9.17, 15) is 14.4 Å². The summed E-state index contributed by atoms with van der Waals surface area (Å²) in [5.41, 5.74) is 3.29. The molecular formula is C22H25N3O3. The van der Waals surface area contributed by atoms with Gasteiger partial charge in [0, 0.05) is 30.9 Å². The van der Waals surface area contributed by atoms with Crippen LogP contribution >= 0.6 is 0 Å². The Morgan fingerprint density at radius 1 is 0.964 bits per heavy atom. The van der Waals surface area contributed by atoms with Crippen LogP contribution in [0, 0.1) is 6.92 Å². The van der Waals surface area contributed by atoms with Crippen LogP contribution in [0.4, 0.5) is 11.4 Å². The van der Waals surface area contributed by atoms with Crippen LogP contribution in [0.3, 0.4) is 0 Å². The number of likely N-dealkylation sites (N-methyl/N-ethyl adjacent to an activating group) is 1. The summed E-state index contributed by atoms with van der Waals surface area (Å²) in [6, 6.07) is 14.6. The second-order valence-corrected chi connectivity index (χ2v) is 6.35. The smallest absolute Gasteiger partial charge is 0.247 e. The summed E-state index contributed by atoms with van der Waals surface area (Å²) in [7, 11) is 0. The molecule has 0 heterocycles. The third-order valence-electron chi connectivity index (χ3n) is 4.11. The quantitative estimate of drug-likeness (QED) is 0.723. The van der Waals surface area contributed by atoms with Crippen molar-refractivity contribution in [3.8, 4) is 0 Å². The third-order valence-corrected chi connectivity index (χ3v) is 4.11. The van der Waals surface area contributed by atoms with Crippen LogP contribution in [0.2, 0.25) is 0 Å². The first-order valence-corrected chi connectivity index (χ1v) is 9.09. The number of aryl methyl sites for hydroxylation is 1. The number of hydrogen-bond donors (Lipinski definition) is 2. The van der Waals surface area contributed by atoms with Crippen molar-refractivity contribution in [3.63, 3.8) is 0 Å². The van der Waals surface area contributed by atoms with Crippen LogP contribution in [0.25, 0.3) is 6.08 Å². The Labute approximate surface area is 165 Å². The standard InChI is InChI=1S/C22H25N3O3/c1-4-25(22(28)14-9-18-8-6-5-7-16(18)2)15-21(27)24-20-12-10-19(11-13-20)23-17(3)26/h5-14H,4,15H2,1-3H3,(H,23,26)(H,24,27)/b14-9+. The normalized spacial score (nSPS) is 10.5. The van der Waals surface area contributed by atoms with Gasteiger partial charge in [-0.25, -0.2) is 0 Å². The van der Waals surface area contributed by atoms with Gasteiger partial charge in [0.1, 0.15) is 6.54 Å². The number of nitrogens with zero attached hydrogens (tertiary/aromatic N) is 1. The van der Waals surface area contributed by atoms with Crippen LogP contribution < -0.4 is 10.6 Å². The number of benzene rings is 2. The third kappa shape index (κ3) is 6.39. The summed E-state index contributed by atoms with van der Waals surface area (Å²) < 4.78 is 0. The highest BCUT2D eigenvalue weighted by Gasteiger charge is 2.13. The minimum Gasteiger partial charge on any atom is -0.330 e. The number of rotatable bonds is 7. The van der Waals surface area contributed by atoms with Crippen molar-refractivity contribution in [1.82, 2.24) is 4.90 Å². The Morgan fingerprint density at radius 2 is 1.57 bits per heavy atom. The second-order valence-electron chi connectivity index (χ2n) is 6.35. The number of nitrogens with one attached hydrogen (secondary N) is 2. The summed E-state index contributed by atoms with van der Waals surface area (Å²) in [6.45, 7) is 5.62. The second kappa shape index (κ2) is 10.1. The number of amides is 3. The predicted octanol–water partition coefficient (Wildman–Crippen LogP) is 3.45. The van der Waals surface area contributed by atoms with E-state index in [2.05, 4.69) is 10.6 Å². The molecular weight excluding hydrogens is 354 g/mol. The SMILES string of the molecule is CCN(CC(=O)Nc1ccc(NC(C)=O)cc1)C(=O)/C=C/c1ccccc1C. The molecule has 0 saturated carbocycles. The van der Waals surface area contributed by atoms with Crippen LogP contribution in [-0.4, -0.2) is 35.7 Å². The summed E-state index contributed by atoms with van der Waals surface area (Å²) in [5, 5.41) is 5.42. The van der Waals surface area contributed by atoms with E-state index < -0.39 is 0 Å². The van der Waals surface area contributed by atoms with Gasteiger partial charge in [-0.2, -0.15) is 0 Å². The Morgan fingerprint density at radius 3 is 2.14 bits per heavy atom. The molecule has 0 bridgehead atoms. The first-order chi connectivity index (χ1) is 13.4. The minimum atomic E-state index is -0.285. The highest BCUT2D eigenvalue weighted by atomic mass is 16.2. The fourth-order valence-corrected chi connectivity index (χ4v) is 2.60. The van der Waals surface area contributed by atoms with E-state index >= 15 is 0 Å². The fourth-order valence-electron chi connectivity index (χ4n) is 2.60. The molecule has 0 aliphatic rings. The maximum Gasteiger partial charge on any atom is 0.247 e. The molecule has 0 aromatic heterocycles. The summed E-state index contributed by atoms with van der Waals surface area (Å²) >= 11 is 0. The Kier molecular flexibility index (Phi) is 7.51. The monoisotopic (exact) mass is 379 g/mol. The first-order valence-electron chi connectivity index (χ1n) is 9.09. The zero-order valence-corrected chi connectivity index (χ0v) is 16.4. The molecule has 3 amide bonds. The molecule has 0 unspecified atom stereocenters. The Bertz CT molecular complexity index is 873. The van der Waals surface area contributed by atoms with Gasteiger partial charge in [0.05, 0.1) is 0 Å². The van der Waals surface area contributed by atoms with Gasteiger partial charge in [-0.1, -0.05) is 24.3 Å². The topological polar surface area (TPSA) is 78.5 Å². The van der Waals surface area contributed by atoms with Gasteiger partial charge in [0.2, 0.25) is 17.7 Å². The van der Waals surface area contributed by atoms with Crippen LogP contribution in [0.5, 0.6) is 0 Å². The summed E-state index contributed by atoms with van der Waals surface area (Å²) in [4.78, 5) is 37.2.